The molecule has 2 N–H and O–H groups in total. The summed E-state index contributed by atoms with van der Waals surface area (Å²) in [6.45, 7) is 0. The number of halogens is 2. The number of hydrogen-bond donors (Lipinski definition) is 1. The van der Waals surface area contributed by atoms with Crippen molar-refractivity contribution < 1.29 is 13.5 Å². The SMILES string of the molecule is COc1cc(C(F)F)ccc1CC1(N)CC1. The maximum absolute atomic E-state index is 12.5. The van der Waals surface area contributed by atoms with Crippen LogP contribution in [0.4, 0.5) is 8.78 Å². The summed E-state index contributed by atoms with van der Waals surface area (Å²) in [5, 5.41) is 0. The van der Waals surface area contributed by atoms with Gasteiger partial charge < -0.3 is 10.5 Å². The van der Waals surface area contributed by atoms with E-state index in [0.29, 0.717) is 12.2 Å². The predicted octanol–water partition coefficient (Wildman–Crippen LogP) is 2.67. The Morgan fingerprint density at radius 3 is 2.62 bits per heavy atom. The van der Waals surface area contributed by atoms with Crippen molar-refractivity contribution in [1.82, 2.24) is 0 Å². The summed E-state index contributed by atoms with van der Waals surface area (Å²) in [7, 11) is 1.49. The van der Waals surface area contributed by atoms with Gasteiger partial charge in [-0.1, -0.05) is 12.1 Å². The highest BCUT2D eigenvalue weighted by Crippen LogP contribution is 2.38. The quantitative estimate of drug-likeness (QED) is 0.858. The van der Waals surface area contributed by atoms with E-state index in [1.54, 1.807) is 6.07 Å². The molecular weight excluding hydrogens is 212 g/mol. The Morgan fingerprint density at radius 1 is 1.44 bits per heavy atom. The van der Waals surface area contributed by atoms with Crippen LogP contribution in [-0.2, 0) is 6.42 Å². The third-order valence-electron chi connectivity index (χ3n) is 3.00. The molecule has 1 aliphatic carbocycles. The van der Waals surface area contributed by atoms with Crippen molar-refractivity contribution in [3.63, 3.8) is 0 Å². The van der Waals surface area contributed by atoms with Crippen LogP contribution in [0.3, 0.4) is 0 Å². The Balaban J connectivity index is 2.24. The lowest BCUT2D eigenvalue weighted by molar-refractivity contribution is 0.151. The molecule has 1 fully saturated rings. The van der Waals surface area contributed by atoms with Crippen molar-refractivity contribution in [2.45, 2.75) is 31.2 Å². The summed E-state index contributed by atoms with van der Waals surface area (Å²) < 4.78 is 30.1. The molecule has 2 rings (SSSR count). The van der Waals surface area contributed by atoms with E-state index >= 15 is 0 Å². The first-order valence-corrected chi connectivity index (χ1v) is 5.28. The molecule has 0 heterocycles. The first-order valence-electron chi connectivity index (χ1n) is 5.28. The number of nitrogens with two attached hydrogens (primary N) is 1. The summed E-state index contributed by atoms with van der Waals surface area (Å²) in [6, 6.07) is 4.52. The van der Waals surface area contributed by atoms with E-state index in [1.165, 1.54) is 19.2 Å². The van der Waals surface area contributed by atoms with Gasteiger partial charge in [0.15, 0.2) is 0 Å². The van der Waals surface area contributed by atoms with Gasteiger partial charge in [0.2, 0.25) is 0 Å². The summed E-state index contributed by atoms with van der Waals surface area (Å²) in [4.78, 5) is 0. The van der Waals surface area contributed by atoms with Gasteiger partial charge in [0.1, 0.15) is 5.75 Å². The smallest absolute Gasteiger partial charge is 0.263 e. The van der Waals surface area contributed by atoms with Crippen LogP contribution in [-0.4, -0.2) is 12.6 Å². The largest absolute Gasteiger partial charge is 0.496 e. The minimum absolute atomic E-state index is 0.0116. The van der Waals surface area contributed by atoms with E-state index in [9.17, 15) is 8.78 Å². The van der Waals surface area contributed by atoms with Gasteiger partial charge in [-0.2, -0.15) is 0 Å². The van der Waals surface area contributed by atoms with E-state index in [2.05, 4.69) is 0 Å². The van der Waals surface area contributed by atoms with Crippen LogP contribution in [0, 0.1) is 0 Å². The molecule has 1 aromatic rings. The Kier molecular flexibility index (Phi) is 2.84. The molecule has 1 saturated carbocycles. The molecule has 0 aliphatic heterocycles. The zero-order valence-electron chi connectivity index (χ0n) is 9.17. The van der Waals surface area contributed by atoms with E-state index in [-0.39, 0.29) is 11.1 Å². The van der Waals surface area contributed by atoms with E-state index in [0.717, 1.165) is 18.4 Å². The summed E-state index contributed by atoms with van der Waals surface area (Å²) in [5.74, 6) is 0.509. The number of alkyl halides is 2. The van der Waals surface area contributed by atoms with Crippen LogP contribution in [0.2, 0.25) is 0 Å². The minimum Gasteiger partial charge on any atom is -0.496 e. The monoisotopic (exact) mass is 227 g/mol. The van der Waals surface area contributed by atoms with Gasteiger partial charge in [-0.25, -0.2) is 8.78 Å². The lowest BCUT2D eigenvalue weighted by atomic mass is 10.0. The van der Waals surface area contributed by atoms with Crippen molar-refractivity contribution in [3.8, 4) is 5.75 Å². The molecule has 16 heavy (non-hydrogen) atoms. The second-order valence-electron chi connectivity index (χ2n) is 4.41. The molecule has 0 bridgehead atoms. The normalized spacial score (nSPS) is 17.6. The van der Waals surface area contributed by atoms with Crippen molar-refractivity contribution >= 4 is 0 Å². The standard InChI is InChI=1S/C12H15F2NO/c1-16-10-6-8(11(13)14)2-3-9(10)7-12(15)4-5-12/h2-3,6,11H,4-5,7,15H2,1H3. The summed E-state index contributed by atoms with van der Waals surface area (Å²) in [5.41, 5.74) is 6.75. The fourth-order valence-corrected chi connectivity index (χ4v) is 1.76. The van der Waals surface area contributed by atoms with Crippen LogP contribution < -0.4 is 10.5 Å². The third kappa shape index (κ3) is 2.32. The van der Waals surface area contributed by atoms with Gasteiger partial charge in [0, 0.05) is 11.1 Å². The van der Waals surface area contributed by atoms with Crippen LogP contribution >= 0.6 is 0 Å². The average Bonchev–Trinajstić information content (AvgIpc) is 2.96. The molecule has 4 heteroatoms. The highest BCUT2D eigenvalue weighted by molar-refractivity contribution is 5.39. The molecule has 0 aromatic heterocycles. The van der Waals surface area contributed by atoms with Crippen molar-refractivity contribution in [1.29, 1.82) is 0 Å². The van der Waals surface area contributed by atoms with Gasteiger partial charge in [0.05, 0.1) is 7.11 Å². The number of hydrogen-bond acceptors (Lipinski definition) is 2. The van der Waals surface area contributed by atoms with E-state index in [4.69, 9.17) is 10.5 Å². The van der Waals surface area contributed by atoms with Gasteiger partial charge in [-0.3, -0.25) is 0 Å². The van der Waals surface area contributed by atoms with Crippen molar-refractivity contribution in [2.24, 2.45) is 5.73 Å². The first kappa shape index (κ1) is 11.3. The van der Waals surface area contributed by atoms with Gasteiger partial charge in [-0.15, -0.1) is 0 Å². The maximum atomic E-state index is 12.5. The summed E-state index contributed by atoms with van der Waals surface area (Å²) in [6.07, 6.45) is 0.217. The molecule has 0 spiro atoms. The van der Waals surface area contributed by atoms with Gasteiger partial charge in [-0.05, 0) is 30.9 Å². The fraction of sp³-hybridized carbons (Fsp3) is 0.500. The van der Waals surface area contributed by atoms with Crippen LogP contribution in [0.1, 0.15) is 30.4 Å². The molecule has 1 aliphatic rings. The van der Waals surface area contributed by atoms with Gasteiger partial charge >= 0.3 is 0 Å². The first-order chi connectivity index (χ1) is 7.54. The maximum Gasteiger partial charge on any atom is 0.263 e. The van der Waals surface area contributed by atoms with E-state index < -0.39 is 6.43 Å². The van der Waals surface area contributed by atoms with Crippen molar-refractivity contribution in [2.75, 3.05) is 7.11 Å². The topological polar surface area (TPSA) is 35.2 Å². The molecular formula is C12H15F2NO. The van der Waals surface area contributed by atoms with E-state index in [1.807, 2.05) is 0 Å². The Labute approximate surface area is 93.4 Å². The molecule has 88 valence electrons. The molecule has 0 unspecified atom stereocenters. The predicted molar refractivity (Wildman–Crippen MR) is 57.8 cm³/mol. The molecule has 1 aromatic carbocycles. The Morgan fingerprint density at radius 2 is 2.12 bits per heavy atom. The highest BCUT2D eigenvalue weighted by atomic mass is 19.3. The average molecular weight is 227 g/mol. The van der Waals surface area contributed by atoms with Crippen molar-refractivity contribution in [3.05, 3.63) is 29.3 Å². The van der Waals surface area contributed by atoms with Gasteiger partial charge in [0.25, 0.3) is 6.43 Å². The fourth-order valence-electron chi connectivity index (χ4n) is 1.76. The molecule has 0 radical (unpaired) electrons. The van der Waals surface area contributed by atoms with Crippen LogP contribution in [0.15, 0.2) is 18.2 Å². The molecule has 0 amide bonds. The number of rotatable bonds is 4. The number of ether oxygens (including phenoxy) is 1. The summed E-state index contributed by atoms with van der Waals surface area (Å²) >= 11 is 0. The molecule has 0 saturated heterocycles. The van der Waals surface area contributed by atoms with Crippen LogP contribution in [0.25, 0.3) is 0 Å². The van der Waals surface area contributed by atoms with Crippen LogP contribution in [0.5, 0.6) is 5.75 Å². The second kappa shape index (κ2) is 4.01. The zero-order chi connectivity index (χ0) is 11.8. The Bertz CT molecular complexity index is 389. The Hall–Kier alpha value is -1.16. The lowest BCUT2D eigenvalue weighted by Gasteiger charge is -2.13. The highest BCUT2D eigenvalue weighted by Gasteiger charge is 2.38. The lowest BCUT2D eigenvalue weighted by Crippen LogP contribution is -2.24. The number of methoxy groups -OCH3 is 1. The third-order valence-corrected chi connectivity index (χ3v) is 3.00. The zero-order valence-corrected chi connectivity index (χ0v) is 9.17. The second-order valence-corrected chi connectivity index (χ2v) is 4.41. The number of benzene rings is 1. The minimum atomic E-state index is -2.46. The molecule has 2 nitrogen and oxygen atoms in total. The molecule has 0 atom stereocenters.